The molecule has 0 radical (unpaired) electrons. The quantitative estimate of drug-likeness (QED) is 0.945. The summed E-state index contributed by atoms with van der Waals surface area (Å²) in [6.07, 6.45) is -3.46. The zero-order chi connectivity index (χ0) is 16.5. The Morgan fingerprint density at radius 3 is 2.27 bits per heavy atom. The molecule has 0 aliphatic heterocycles. The van der Waals surface area contributed by atoms with Crippen LogP contribution in [0.25, 0.3) is 0 Å². The number of primary amides is 1. The number of alkyl halides is 3. The van der Waals surface area contributed by atoms with E-state index in [-0.39, 0.29) is 5.69 Å². The number of nitrogens with zero attached hydrogens (tertiary/aromatic N) is 1. The molecule has 6 heteroatoms. The maximum Gasteiger partial charge on any atom is 0.416 e. The summed E-state index contributed by atoms with van der Waals surface area (Å²) in [6, 6.07) is 7.12. The molecule has 2 rings (SSSR count). The first kappa shape index (κ1) is 16.0. The highest BCUT2D eigenvalue weighted by molar-refractivity contribution is 5.86. The molecule has 1 heterocycles. The summed E-state index contributed by atoms with van der Waals surface area (Å²) in [4.78, 5) is 15.8. The van der Waals surface area contributed by atoms with Crippen LogP contribution in [0.4, 0.5) is 13.2 Å². The van der Waals surface area contributed by atoms with Gasteiger partial charge in [0, 0.05) is 6.20 Å². The van der Waals surface area contributed by atoms with Gasteiger partial charge in [0.15, 0.2) is 0 Å². The number of hydrogen-bond acceptors (Lipinski definition) is 2. The number of carbonyl (C=O) groups excluding carboxylic acids is 1. The lowest BCUT2D eigenvalue weighted by Gasteiger charge is -2.19. The lowest BCUT2D eigenvalue weighted by atomic mass is 9.87. The van der Waals surface area contributed by atoms with Gasteiger partial charge in [-0.3, -0.25) is 9.78 Å². The van der Waals surface area contributed by atoms with E-state index in [1.807, 2.05) is 6.07 Å². The van der Waals surface area contributed by atoms with Crippen LogP contribution in [-0.2, 0) is 11.0 Å². The molecule has 116 valence electrons. The second-order valence-corrected chi connectivity index (χ2v) is 5.11. The maximum absolute atomic E-state index is 12.8. The number of nitrogens with two attached hydrogens (primary N) is 1. The van der Waals surface area contributed by atoms with Crippen LogP contribution in [0.5, 0.6) is 0 Å². The summed E-state index contributed by atoms with van der Waals surface area (Å²) >= 11 is 0. The van der Waals surface area contributed by atoms with E-state index in [2.05, 4.69) is 4.98 Å². The lowest BCUT2D eigenvalue weighted by molar-refractivity contribution is -0.137. The SMILES string of the molecule is Cc1cccc(C)c1C(C(N)=O)c1cc(C(F)(F)F)ccn1. The minimum Gasteiger partial charge on any atom is -0.369 e. The Balaban J connectivity index is 2.62. The molecule has 0 aliphatic rings. The van der Waals surface area contributed by atoms with E-state index in [4.69, 9.17) is 5.73 Å². The Kier molecular flexibility index (Phi) is 4.21. The Hall–Kier alpha value is -2.37. The zero-order valence-corrected chi connectivity index (χ0v) is 12.1. The van der Waals surface area contributed by atoms with Gasteiger partial charge in [-0.15, -0.1) is 0 Å². The summed E-state index contributed by atoms with van der Waals surface area (Å²) in [7, 11) is 0. The summed E-state index contributed by atoms with van der Waals surface area (Å²) in [5, 5.41) is 0. The second-order valence-electron chi connectivity index (χ2n) is 5.11. The topological polar surface area (TPSA) is 56.0 Å². The number of carbonyl (C=O) groups is 1. The van der Waals surface area contributed by atoms with Gasteiger partial charge in [0.1, 0.15) is 5.92 Å². The number of benzene rings is 1. The Morgan fingerprint density at radius 2 is 1.77 bits per heavy atom. The smallest absolute Gasteiger partial charge is 0.369 e. The van der Waals surface area contributed by atoms with Crippen molar-refractivity contribution in [3.63, 3.8) is 0 Å². The molecular weight excluding hydrogens is 293 g/mol. The molecule has 3 nitrogen and oxygen atoms in total. The minimum atomic E-state index is -4.50. The minimum absolute atomic E-state index is 0.000255. The molecular formula is C16H15F3N2O. The number of pyridine rings is 1. The number of amides is 1. The fraction of sp³-hybridized carbons (Fsp3) is 0.250. The van der Waals surface area contributed by atoms with Gasteiger partial charge in [0.05, 0.1) is 11.3 Å². The van der Waals surface area contributed by atoms with Crippen molar-refractivity contribution >= 4 is 5.91 Å². The number of rotatable bonds is 3. The molecule has 1 aromatic carbocycles. The predicted molar refractivity (Wildman–Crippen MR) is 76.2 cm³/mol. The van der Waals surface area contributed by atoms with Crippen LogP contribution in [0.1, 0.15) is 33.9 Å². The highest BCUT2D eigenvalue weighted by atomic mass is 19.4. The second kappa shape index (κ2) is 5.79. The molecule has 1 atom stereocenters. The lowest BCUT2D eigenvalue weighted by Crippen LogP contribution is -2.25. The molecule has 2 N–H and O–H groups in total. The van der Waals surface area contributed by atoms with Crippen molar-refractivity contribution in [2.24, 2.45) is 5.73 Å². The molecule has 2 aromatic rings. The van der Waals surface area contributed by atoms with Crippen molar-refractivity contribution in [2.45, 2.75) is 25.9 Å². The van der Waals surface area contributed by atoms with Crippen LogP contribution < -0.4 is 5.73 Å². The predicted octanol–water partition coefficient (Wildman–Crippen LogP) is 3.33. The van der Waals surface area contributed by atoms with Crippen molar-refractivity contribution < 1.29 is 18.0 Å². The van der Waals surface area contributed by atoms with Crippen molar-refractivity contribution in [1.29, 1.82) is 0 Å². The Bertz CT molecular complexity index is 691. The Morgan fingerprint density at radius 1 is 1.18 bits per heavy atom. The molecule has 0 bridgehead atoms. The number of aromatic nitrogens is 1. The normalized spacial score (nSPS) is 13.0. The van der Waals surface area contributed by atoms with Gasteiger partial charge < -0.3 is 5.73 Å². The van der Waals surface area contributed by atoms with Crippen molar-refractivity contribution in [2.75, 3.05) is 0 Å². The van der Waals surface area contributed by atoms with E-state index in [1.165, 1.54) is 0 Å². The van der Waals surface area contributed by atoms with E-state index in [0.717, 1.165) is 29.5 Å². The first-order valence-electron chi connectivity index (χ1n) is 6.60. The zero-order valence-electron chi connectivity index (χ0n) is 12.1. The first-order valence-corrected chi connectivity index (χ1v) is 6.60. The third-order valence-corrected chi connectivity index (χ3v) is 3.52. The van der Waals surface area contributed by atoms with E-state index in [9.17, 15) is 18.0 Å². The molecule has 0 fully saturated rings. The van der Waals surface area contributed by atoms with Crippen molar-refractivity contribution in [3.05, 3.63) is 64.5 Å². The van der Waals surface area contributed by atoms with Gasteiger partial charge in [0.25, 0.3) is 0 Å². The maximum atomic E-state index is 12.8. The summed E-state index contributed by atoms with van der Waals surface area (Å²) in [5.74, 6) is -1.74. The largest absolute Gasteiger partial charge is 0.416 e. The number of hydrogen-bond donors (Lipinski definition) is 1. The molecule has 1 amide bonds. The fourth-order valence-corrected chi connectivity index (χ4v) is 2.50. The van der Waals surface area contributed by atoms with E-state index < -0.39 is 23.6 Å². The van der Waals surface area contributed by atoms with Crippen molar-refractivity contribution in [1.82, 2.24) is 4.98 Å². The van der Waals surface area contributed by atoms with Gasteiger partial charge >= 0.3 is 6.18 Å². The van der Waals surface area contributed by atoms with Gasteiger partial charge in [-0.25, -0.2) is 0 Å². The van der Waals surface area contributed by atoms with Crippen molar-refractivity contribution in [3.8, 4) is 0 Å². The molecule has 0 saturated heterocycles. The van der Waals surface area contributed by atoms with Crippen LogP contribution in [-0.4, -0.2) is 10.9 Å². The van der Waals surface area contributed by atoms with Crippen LogP contribution in [0.3, 0.4) is 0 Å². The standard InChI is InChI=1S/C16H15F3N2O/c1-9-4-3-5-10(2)13(9)14(15(20)22)12-8-11(6-7-21-12)16(17,18)19/h3-8,14H,1-2H3,(H2,20,22). The summed E-state index contributed by atoms with van der Waals surface area (Å²) in [5.41, 5.74) is 6.75. The Labute approximate surface area is 126 Å². The number of aryl methyl sites for hydroxylation is 2. The van der Waals surface area contributed by atoms with Crippen LogP contribution in [0.15, 0.2) is 36.5 Å². The van der Waals surface area contributed by atoms with E-state index in [1.54, 1.807) is 26.0 Å². The van der Waals surface area contributed by atoms with Crippen LogP contribution in [0, 0.1) is 13.8 Å². The molecule has 1 unspecified atom stereocenters. The van der Waals surface area contributed by atoms with E-state index in [0.29, 0.717) is 5.56 Å². The molecule has 0 saturated carbocycles. The highest BCUT2D eigenvalue weighted by Gasteiger charge is 2.33. The average Bonchev–Trinajstić information content (AvgIpc) is 2.42. The monoisotopic (exact) mass is 308 g/mol. The molecule has 0 aliphatic carbocycles. The highest BCUT2D eigenvalue weighted by Crippen LogP contribution is 2.33. The third-order valence-electron chi connectivity index (χ3n) is 3.52. The molecule has 1 aromatic heterocycles. The first-order chi connectivity index (χ1) is 10.2. The molecule has 0 spiro atoms. The fourth-order valence-electron chi connectivity index (χ4n) is 2.50. The number of halogens is 3. The third kappa shape index (κ3) is 3.10. The van der Waals surface area contributed by atoms with E-state index >= 15 is 0 Å². The van der Waals surface area contributed by atoms with Crippen LogP contribution >= 0.6 is 0 Å². The van der Waals surface area contributed by atoms with Crippen LogP contribution in [0.2, 0.25) is 0 Å². The van der Waals surface area contributed by atoms with Gasteiger partial charge in [-0.2, -0.15) is 13.2 Å². The van der Waals surface area contributed by atoms with Gasteiger partial charge in [-0.1, -0.05) is 18.2 Å². The summed E-state index contributed by atoms with van der Waals surface area (Å²) in [6.45, 7) is 3.57. The summed E-state index contributed by atoms with van der Waals surface area (Å²) < 4.78 is 38.5. The van der Waals surface area contributed by atoms with Gasteiger partial charge in [0.2, 0.25) is 5.91 Å². The molecule has 22 heavy (non-hydrogen) atoms. The van der Waals surface area contributed by atoms with Gasteiger partial charge in [-0.05, 0) is 42.7 Å². The average molecular weight is 308 g/mol.